The lowest BCUT2D eigenvalue weighted by atomic mass is 10.1. The Morgan fingerprint density at radius 3 is 2.83 bits per heavy atom. The van der Waals surface area contributed by atoms with Gasteiger partial charge >= 0.3 is 0 Å². The number of unbranched alkanes of at least 4 members (excludes halogenated alkanes) is 2. The normalized spacial score (nSPS) is 17.1. The van der Waals surface area contributed by atoms with E-state index in [0.29, 0.717) is 6.42 Å². The van der Waals surface area contributed by atoms with Gasteiger partial charge in [0.1, 0.15) is 0 Å². The van der Waals surface area contributed by atoms with Crippen molar-refractivity contribution >= 4 is 11.6 Å². The number of hydrazone groups is 1. The minimum absolute atomic E-state index is 0.0502. The predicted octanol–water partition coefficient (Wildman–Crippen LogP) is 1.83. The summed E-state index contributed by atoms with van der Waals surface area (Å²) in [5, 5.41) is 4.00. The molecule has 1 aliphatic heterocycles. The van der Waals surface area contributed by atoms with Crippen molar-refractivity contribution in [3.05, 3.63) is 0 Å². The fraction of sp³-hybridized carbons (Fsp3) is 0.778. The first-order chi connectivity index (χ1) is 5.83. The number of carbonyl (C=O) groups is 1. The molecule has 0 aromatic rings. The molecule has 0 bridgehead atoms. The molecule has 1 N–H and O–H groups in total. The Balaban J connectivity index is 2.19. The quantitative estimate of drug-likeness (QED) is 0.639. The van der Waals surface area contributed by atoms with E-state index in [1.807, 2.05) is 0 Å². The maximum absolute atomic E-state index is 10.7. The van der Waals surface area contributed by atoms with Gasteiger partial charge in [-0.05, 0) is 19.3 Å². The van der Waals surface area contributed by atoms with Gasteiger partial charge in [-0.2, -0.15) is 5.10 Å². The second kappa shape index (κ2) is 4.91. The number of hydrogen-bond donors (Lipinski definition) is 1. The van der Waals surface area contributed by atoms with Crippen LogP contribution in [0.15, 0.2) is 5.10 Å². The lowest BCUT2D eigenvalue weighted by Gasteiger charge is -2.10. The number of carbonyl (C=O) groups excluding carboxylic acids is 1. The van der Waals surface area contributed by atoms with Gasteiger partial charge in [0.05, 0.1) is 0 Å². The lowest BCUT2D eigenvalue weighted by molar-refractivity contribution is -0.121. The van der Waals surface area contributed by atoms with Crippen molar-refractivity contribution in [3.8, 4) is 0 Å². The molecule has 0 radical (unpaired) electrons. The second-order valence-electron chi connectivity index (χ2n) is 3.17. The summed E-state index contributed by atoms with van der Waals surface area (Å²) in [5.74, 6) is 0.0502. The predicted molar refractivity (Wildman–Crippen MR) is 49.0 cm³/mol. The van der Waals surface area contributed by atoms with Crippen LogP contribution in [-0.2, 0) is 4.79 Å². The van der Waals surface area contributed by atoms with Gasteiger partial charge < -0.3 is 0 Å². The fourth-order valence-electron chi connectivity index (χ4n) is 1.27. The zero-order valence-electron chi connectivity index (χ0n) is 7.60. The van der Waals surface area contributed by atoms with Gasteiger partial charge in [0.25, 0.3) is 0 Å². The van der Waals surface area contributed by atoms with Crippen molar-refractivity contribution in [3.63, 3.8) is 0 Å². The molecule has 68 valence electrons. The maximum atomic E-state index is 10.7. The first kappa shape index (κ1) is 9.23. The molecule has 1 heterocycles. The van der Waals surface area contributed by atoms with E-state index in [-0.39, 0.29) is 5.91 Å². The lowest BCUT2D eigenvalue weighted by Crippen LogP contribution is -2.25. The highest BCUT2D eigenvalue weighted by molar-refractivity contribution is 5.92. The molecule has 1 aliphatic rings. The molecule has 3 heteroatoms. The second-order valence-corrected chi connectivity index (χ2v) is 3.17. The molecule has 0 atom stereocenters. The van der Waals surface area contributed by atoms with Crippen molar-refractivity contribution in [2.75, 3.05) is 0 Å². The van der Waals surface area contributed by atoms with Crippen LogP contribution in [0.3, 0.4) is 0 Å². The molecule has 1 rings (SSSR count). The molecule has 3 nitrogen and oxygen atoms in total. The van der Waals surface area contributed by atoms with Crippen LogP contribution in [-0.4, -0.2) is 11.6 Å². The standard InChI is InChI=1S/C9H16N2O/c1-2-3-4-5-8-6-7-9(12)11-10-8/h2-7H2,1H3,(H,11,12). The molecule has 0 saturated carbocycles. The van der Waals surface area contributed by atoms with Crippen LogP contribution in [0.4, 0.5) is 0 Å². The van der Waals surface area contributed by atoms with Crippen LogP contribution >= 0.6 is 0 Å². The molecule has 0 aromatic heterocycles. The number of rotatable bonds is 4. The van der Waals surface area contributed by atoms with Crippen molar-refractivity contribution in [2.45, 2.75) is 45.4 Å². The van der Waals surface area contributed by atoms with Crippen molar-refractivity contribution in [2.24, 2.45) is 5.10 Å². The van der Waals surface area contributed by atoms with Crippen LogP contribution in [0.2, 0.25) is 0 Å². The van der Waals surface area contributed by atoms with Gasteiger partial charge in [0.2, 0.25) is 5.91 Å². The van der Waals surface area contributed by atoms with E-state index in [4.69, 9.17) is 0 Å². The zero-order valence-corrected chi connectivity index (χ0v) is 7.60. The summed E-state index contributed by atoms with van der Waals surface area (Å²) >= 11 is 0. The van der Waals surface area contributed by atoms with Crippen molar-refractivity contribution in [1.29, 1.82) is 0 Å². The smallest absolute Gasteiger partial charge is 0.240 e. The third-order valence-corrected chi connectivity index (χ3v) is 2.05. The van der Waals surface area contributed by atoms with Gasteiger partial charge in [-0.15, -0.1) is 0 Å². The van der Waals surface area contributed by atoms with Crippen LogP contribution in [0, 0.1) is 0 Å². The summed E-state index contributed by atoms with van der Waals surface area (Å²) < 4.78 is 0. The summed E-state index contributed by atoms with van der Waals surface area (Å²) in [6, 6.07) is 0. The number of amides is 1. The van der Waals surface area contributed by atoms with Crippen molar-refractivity contribution in [1.82, 2.24) is 5.43 Å². The van der Waals surface area contributed by atoms with Crippen LogP contribution < -0.4 is 5.43 Å². The number of nitrogens with zero attached hydrogens (tertiary/aromatic N) is 1. The molecule has 0 saturated heterocycles. The fourth-order valence-corrected chi connectivity index (χ4v) is 1.27. The van der Waals surface area contributed by atoms with E-state index in [1.165, 1.54) is 19.3 Å². The molecule has 0 fully saturated rings. The highest BCUT2D eigenvalue weighted by Gasteiger charge is 2.10. The largest absolute Gasteiger partial charge is 0.273 e. The Morgan fingerprint density at radius 1 is 1.42 bits per heavy atom. The summed E-state index contributed by atoms with van der Waals surface area (Å²) in [5.41, 5.74) is 3.66. The number of hydrogen-bond acceptors (Lipinski definition) is 2. The van der Waals surface area contributed by atoms with Gasteiger partial charge in [-0.3, -0.25) is 4.79 Å². The third kappa shape index (κ3) is 3.03. The summed E-state index contributed by atoms with van der Waals surface area (Å²) in [4.78, 5) is 10.7. The summed E-state index contributed by atoms with van der Waals surface area (Å²) in [6.45, 7) is 2.18. The Kier molecular flexibility index (Phi) is 3.77. The average molecular weight is 168 g/mol. The first-order valence-corrected chi connectivity index (χ1v) is 4.67. The van der Waals surface area contributed by atoms with E-state index in [9.17, 15) is 4.79 Å². The molecule has 0 unspecified atom stereocenters. The van der Waals surface area contributed by atoms with Crippen molar-refractivity contribution < 1.29 is 4.79 Å². The Hall–Kier alpha value is -0.860. The van der Waals surface area contributed by atoms with Crippen LogP contribution in [0.25, 0.3) is 0 Å². The summed E-state index contributed by atoms with van der Waals surface area (Å²) in [6.07, 6.45) is 6.21. The molecular formula is C9H16N2O. The van der Waals surface area contributed by atoms with Gasteiger partial charge in [0.15, 0.2) is 0 Å². The van der Waals surface area contributed by atoms with Crippen LogP contribution in [0.1, 0.15) is 45.4 Å². The monoisotopic (exact) mass is 168 g/mol. The minimum atomic E-state index is 0.0502. The van der Waals surface area contributed by atoms with E-state index in [1.54, 1.807) is 0 Å². The van der Waals surface area contributed by atoms with E-state index < -0.39 is 0 Å². The average Bonchev–Trinajstić information content (AvgIpc) is 2.09. The van der Waals surface area contributed by atoms with Gasteiger partial charge in [0, 0.05) is 12.1 Å². The molecule has 12 heavy (non-hydrogen) atoms. The molecule has 1 amide bonds. The molecule has 0 spiro atoms. The highest BCUT2D eigenvalue weighted by Crippen LogP contribution is 2.07. The van der Waals surface area contributed by atoms with E-state index in [0.717, 1.165) is 18.6 Å². The minimum Gasteiger partial charge on any atom is -0.273 e. The van der Waals surface area contributed by atoms with Crippen LogP contribution in [0.5, 0.6) is 0 Å². The Morgan fingerprint density at radius 2 is 2.25 bits per heavy atom. The van der Waals surface area contributed by atoms with E-state index in [2.05, 4.69) is 17.5 Å². The molecular weight excluding hydrogens is 152 g/mol. The summed E-state index contributed by atoms with van der Waals surface area (Å²) in [7, 11) is 0. The first-order valence-electron chi connectivity index (χ1n) is 4.67. The molecule has 0 aliphatic carbocycles. The third-order valence-electron chi connectivity index (χ3n) is 2.05. The van der Waals surface area contributed by atoms with Gasteiger partial charge in [-0.25, -0.2) is 5.43 Å². The molecule has 0 aromatic carbocycles. The zero-order chi connectivity index (χ0) is 8.81. The Labute approximate surface area is 73.2 Å². The SMILES string of the molecule is CCCCCC1=NNC(=O)CC1. The maximum Gasteiger partial charge on any atom is 0.240 e. The Bertz CT molecular complexity index is 187. The highest BCUT2D eigenvalue weighted by atomic mass is 16.2. The topological polar surface area (TPSA) is 41.5 Å². The number of nitrogens with one attached hydrogen (secondary N) is 1. The van der Waals surface area contributed by atoms with E-state index >= 15 is 0 Å². The van der Waals surface area contributed by atoms with Gasteiger partial charge in [-0.1, -0.05) is 19.8 Å².